The monoisotopic (exact) mass is 228 g/mol. The van der Waals surface area contributed by atoms with Crippen LogP contribution in [0, 0.1) is 11.6 Å². The molecule has 0 heterocycles. The van der Waals surface area contributed by atoms with Crippen molar-refractivity contribution in [1.82, 2.24) is 0 Å². The zero-order valence-electron chi connectivity index (χ0n) is 7.15. The van der Waals surface area contributed by atoms with Gasteiger partial charge in [0.05, 0.1) is 0 Å². The first-order valence-electron chi connectivity index (χ1n) is 3.67. The predicted molar refractivity (Wildman–Crippen MR) is 39.6 cm³/mol. The van der Waals surface area contributed by atoms with E-state index >= 15 is 0 Å². The lowest BCUT2D eigenvalue weighted by molar-refractivity contribution is -0.0526. The van der Waals surface area contributed by atoms with Crippen molar-refractivity contribution in [3.8, 4) is 11.5 Å². The lowest BCUT2D eigenvalue weighted by Gasteiger charge is -2.09. The maximum absolute atomic E-state index is 13.1. The van der Waals surface area contributed by atoms with E-state index in [1.54, 1.807) is 0 Å². The van der Waals surface area contributed by atoms with Gasteiger partial charge in [-0.25, -0.2) is 8.78 Å². The van der Waals surface area contributed by atoms with Crippen LogP contribution in [0.4, 0.5) is 22.0 Å². The van der Waals surface area contributed by atoms with Gasteiger partial charge in [0.25, 0.3) is 0 Å². The Hall–Kier alpha value is -1.53. The standard InChI is InChI=1S/C8H5F5O2/c9-3-14-5-1-4(10)2-6(7(5)11)15-8(12)13/h1-2,8H,3H2. The number of halogens is 5. The van der Waals surface area contributed by atoms with Gasteiger partial charge in [0.15, 0.2) is 11.5 Å². The summed E-state index contributed by atoms with van der Waals surface area (Å²) in [6.45, 7) is -4.71. The molecule has 0 unspecified atom stereocenters. The summed E-state index contributed by atoms with van der Waals surface area (Å²) in [5.41, 5.74) is 0. The first-order chi connectivity index (χ1) is 7.04. The Kier molecular flexibility index (Phi) is 3.70. The van der Waals surface area contributed by atoms with E-state index in [4.69, 9.17) is 0 Å². The lowest BCUT2D eigenvalue weighted by Crippen LogP contribution is -2.05. The van der Waals surface area contributed by atoms with Crippen LogP contribution in [0.5, 0.6) is 11.5 Å². The van der Waals surface area contributed by atoms with Gasteiger partial charge in [-0.15, -0.1) is 0 Å². The number of ether oxygens (including phenoxy) is 2. The molecule has 1 aromatic rings. The molecule has 0 aliphatic rings. The van der Waals surface area contributed by atoms with Crippen LogP contribution in [0.15, 0.2) is 12.1 Å². The highest BCUT2D eigenvalue weighted by molar-refractivity contribution is 5.36. The third-order valence-electron chi connectivity index (χ3n) is 1.40. The van der Waals surface area contributed by atoms with Crippen LogP contribution in [-0.2, 0) is 0 Å². The van der Waals surface area contributed by atoms with Gasteiger partial charge in [0, 0.05) is 12.1 Å². The summed E-state index contributed by atoms with van der Waals surface area (Å²) in [7, 11) is 0. The maximum atomic E-state index is 13.1. The summed E-state index contributed by atoms with van der Waals surface area (Å²) >= 11 is 0. The molecule has 0 aromatic heterocycles. The van der Waals surface area contributed by atoms with Gasteiger partial charge in [-0.3, -0.25) is 0 Å². The molecule has 1 aromatic carbocycles. The van der Waals surface area contributed by atoms with Crippen LogP contribution < -0.4 is 9.47 Å². The number of rotatable bonds is 4. The molecule has 0 fully saturated rings. The van der Waals surface area contributed by atoms with Crippen molar-refractivity contribution in [2.75, 3.05) is 6.86 Å². The highest BCUT2D eigenvalue weighted by atomic mass is 19.3. The van der Waals surface area contributed by atoms with Gasteiger partial charge < -0.3 is 9.47 Å². The van der Waals surface area contributed by atoms with Gasteiger partial charge in [-0.05, 0) is 0 Å². The molecule has 1 rings (SSSR count). The van der Waals surface area contributed by atoms with E-state index in [-0.39, 0.29) is 0 Å². The summed E-state index contributed by atoms with van der Waals surface area (Å²) < 4.78 is 68.6. The van der Waals surface area contributed by atoms with E-state index in [0.717, 1.165) is 0 Å². The van der Waals surface area contributed by atoms with Crippen molar-refractivity contribution in [3.63, 3.8) is 0 Å². The summed E-state index contributed by atoms with van der Waals surface area (Å²) in [6, 6.07) is 0.930. The molecule has 0 saturated heterocycles. The molecular formula is C8H5F5O2. The van der Waals surface area contributed by atoms with Crippen molar-refractivity contribution < 1.29 is 31.4 Å². The smallest absolute Gasteiger partial charge is 0.387 e. The van der Waals surface area contributed by atoms with E-state index in [1.165, 1.54) is 0 Å². The Morgan fingerprint density at radius 3 is 2.27 bits per heavy atom. The Morgan fingerprint density at radius 2 is 1.73 bits per heavy atom. The van der Waals surface area contributed by atoms with Crippen molar-refractivity contribution >= 4 is 0 Å². The molecular weight excluding hydrogens is 223 g/mol. The van der Waals surface area contributed by atoms with Crippen LogP contribution >= 0.6 is 0 Å². The second kappa shape index (κ2) is 4.81. The maximum Gasteiger partial charge on any atom is 0.387 e. The topological polar surface area (TPSA) is 18.5 Å². The fourth-order valence-corrected chi connectivity index (χ4v) is 0.886. The third-order valence-corrected chi connectivity index (χ3v) is 1.40. The average molecular weight is 228 g/mol. The van der Waals surface area contributed by atoms with E-state index in [0.29, 0.717) is 12.1 Å². The minimum Gasteiger partial charge on any atom is -0.460 e. The van der Waals surface area contributed by atoms with Gasteiger partial charge in [-0.1, -0.05) is 0 Å². The Balaban J connectivity index is 3.04. The summed E-state index contributed by atoms with van der Waals surface area (Å²) in [4.78, 5) is 0. The zero-order valence-corrected chi connectivity index (χ0v) is 7.15. The van der Waals surface area contributed by atoms with Crippen LogP contribution in [0.1, 0.15) is 0 Å². The molecule has 84 valence electrons. The molecule has 0 spiro atoms. The molecule has 0 aliphatic carbocycles. The number of benzene rings is 1. The van der Waals surface area contributed by atoms with E-state index in [1.807, 2.05) is 0 Å². The molecule has 15 heavy (non-hydrogen) atoms. The summed E-state index contributed by atoms with van der Waals surface area (Å²) in [5, 5.41) is 0. The van der Waals surface area contributed by atoms with Crippen molar-refractivity contribution in [2.45, 2.75) is 6.61 Å². The quantitative estimate of drug-likeness (QED) is 0.737. The average Bonchev–Trinajstić information content (AvgIpc) is 2.12. The highest BCUT2D eigenvalue weighted by Gasteiger charge is 2.16. The molecule has 0 amide bonds. The van der Waals surface area contributed by atoms with Crippen LogP contribution in [0.25, 0.3) is 0 Å². The van der Waals surface area contributed by atoms with Gasteiger partial charge in [0.1, 0.15) is 5.82 Å². The normalized spacial score (nSPS) is 10.5. The second-order valence-corrected chi connectivity index (χ2v) is 2.35. The van der Waals surface area contributed by atoms with Gasteiger partial charge in [-0.2, -0.15) is 13.2 Å². The largest absolute Gasteiger partial charge is 0.460 e. The lowest BCUT2D eigenvalue weighted by atomic mass is 10.3. The fourth-order valence-electron chi connectivity index (χ4n) is 0.886. The van der Waals surface area contributed by atoms with E-state index in [2.05, 4.69) is 9.47 Å². The highest BCUT2D eigenvalue weighted by Crippen LogP contribution is 2.29. The molecule has 0 N–H and O–H groups in total. The SMILES string of the molecule is FCOc1cc(F)cc(OC(F)F)c1F. The number of alkyl halides is 3. The molecule has 0 saturated carbocycles. The Morgan fingerprint density at radius 1 is 1.13 bits per heavy atom. The van der Waals surface area contributed by atoms with Gasteiger partial charge >= 0.3 is 6.61 Å². The minimum atomic E-state index is -3.31. The Labute approximate surface area is 81.2 Å². The zero-order chi connectivity index (χ0) is 11.4. The predicted octanol–water partition coefficient (Wildman–Crippen LogP) is 2.87. The number of hydrogen-bond donors (Lipinski definition) is 0. The first-order valence-corrected chi connectivity index (χ1v) is 3.67. The van der Waals surface area contributed by atoms with Crippen LogP contribution in [0.3, 0.4) is 0 Å². The molecule has 0 atom stereocenters. The molecule has 7 heteroatoms. The summed E-state index contributed by atoms with van der Waals surface area (Å²) in [5.74, 6) is -4.31. The van der Waals surface area contributed by atoms with Crippen molar-refractivity contribution in [1.29, 1.82) is 0 Å². The first kappa shape index (κ1) is 11.5. The Bertz CT molecular complexity index is 342. The van der Waals surface area contributed by atoms with Crippen LogP contribution in [-0.4, -0.2) is 13.5 Å². The van der Waals surface area contributed by atoms with Crippen molar-refractivity contribution in [3.05, 3.63) is 23.8 Å². The van der Waals surface area contributed by atoms with Crippen molar-refractivity contribution in [2.24, 2.45) is 0 Å². The molecule has 0 aliphatic heterocycles. The molecule has 0 bridgehead atoms. The fraction of sp³-hybridized carbons (Fsp3) is 0.250. The third kappa shape index (κ3) is 2.97. The van der Waals surface area contributed by atoms with E-state index in [9.17, 15) is 22.0 Å². The second-order valence-electron chi connectivity index (χ2n) is 2.35. The van der Waals surface area contributed by atoms with Gasteiger partial charge in [0.2, 0.25) is 12.7 Å². The number of hydrogen-bond acceptors (Lipinski definition) is 2. The molecule has 2 nitrogen and oxygen atoms in total. The van der Waals surface area contributed by atoms with Crippen LogP contribution in [0.2, 0.25) is 0 Å². The van der Waals surface area contributed by atoms with E-state index < -0.39 is 36.6 Å². The molecule has 0 radical (unpaired) electrons. The summed E-state index contributed by atoms with van der Waals surface area (Å²) in [6.07, 6.45) is 0. The minimum absolute atomic E-state index is 0.409.